The number of carbonyl (C=O) groups is 1. The van der Waals surface area contributed by atoms with E-state index in [0.717, 1.165) is 11.3 Å². The van der Waals surface area contributed by atoms with E-state index in [1.54, 1.807) is 26.8 Å². The minimum Gasteiger partial charge on any atom is -0.444 e. The molecule has 0 atom stereocenters. The topological polar surface area (TPSA) is 51.2 Å². The highest BCUT2D eigenvalue weighted by Gasteiger charge is 2.17. The monoisotopic (exact) mass is 350 g/mol. The van der Waals surface area contributed by atoms with Gasteiger partial charge in [-0.3, -0.25) is 4.98 Å². The third kappa shape index (κ3) is 4.93. The molecule has 0 saturated carbocycles. The largest absolute Gasteiger partial charge is 0.444 e. The van der Waals surface area contributed by atoms with E-state index in [1.165, 1.54) is 12.1 Å². The van der Waals surface area contributed by atoms with Crippen molar-refractivity contribution in [3.63, 3.8) is 0 Å². The molecule has 2 aromatic rings. The second kappa shape index (κ2) is 7.18. The number of benzene rings is 1. The molecule has 0 aliphatic carbocycles. The Morgan fingerprint density at radius 2 is 2.00 bits per heavy atom. The zero-order chi connectivity index (χ0) is 17.9. The third-order valence-electron chi connectivity index (χ3n) is 3.13. The molecule has 1 aromatic heterocycles. The summed E-state index contributed by atoms with van der Waals surface area (Å²) in [5.41, 5.74) is 2.36. The Bertz CT molecular complexity index is 757. The number of nitrogens with one attached hydrogen (secondary N) is 1. The summed E-state index contributed by atoms with van der Waals surface area (Å²) in [5.74, 6) is -0.485. The molecule has 1 amide bonds. The third-order valence-corrected chi connectivity index (χ3v) is 3.42. The van der Waals surface area contributed by atoms with Crippen molar-refractivity contribution in [1.82, 2.24) is 10.3 Å². The molecule has 4 nitrogen and oxygen atoms in total. The Morgan fingerprint density at radius 1 is 1.29 bits per heavy atom. The van der Waals surface area contributed by atoms with Crippen LogP contribution in [0.2, 0.25) is 5.02 Å². The molecule has 128 valence electrons. The van der Waals surface area contributed by atoms with Gasteiger partial charge in [-0.1, -0.05) is 17.7 Å². The maximum atomic E-state index is 13.4. The minimum absolute atomic E-state index is 0.0295. The number of aryl methyl sites for hydroxylation is 1. The van der Waals surface area contributed by atoms with Gasteiger partial charge in [0, 0.05) is 17.8 Å². The van der Waals surface area contributed by atoms with Crippen LogP contribution in [0.1, 0.15) is 32.0 Å². The van der Waals surface area contributed by atoms with Crippen molar-refractivity contribution >= 4 is 17.7 Å². The number of hydrogen-bond donors (Lipinski definition) is 1. The fourth-order valence-corrected chi connectivity index (χ4v) is 2.28. The van der Waals surface area contributed by atoms with E-state index in [4.69, 9.17) is 16.3 Å². The molecule has 1 heterocycles. The van der Waals surface area contributed by atoms with Crippen LogP contribution in [0.5, 0.6) is 0 Å². The Labute approximate surface area is 146 Å². The maximum Gasteiger partial charge on any atom is 0.407 e. The normalized spacial score (nSPS) is 11.2. The predicted molar refractivity (Wildman–Crippen MR) is 92.5 cm³/mol. The number of halogens is 2. The van der Waals surface area contributed by atoms with Crippen LogP contribution in [-0.2, 0) is 11.3 Å². The van der Waals surface area contributed by atoms with Gasteiger partial charge in [-0.15, -0.1) is 0 Å². The zero-order valence-corrected chi connectivity index (χ0v) is 14.9. The smallest absolute Gasteiger partial charge is 0.407 e. The lowest BCUT2D eigenvalue weighted by Crippen LogP contribution is -2.32. The van der Waals surface area contributed by atoms with Crippen LogP contribution in [0, 0.1) is 12.7 Å². The predicted octanol–water partition coefficient (Wildman–Crippen LogP) is 4.87. The van der Waals surface area contributed by atoms with E-state index in [2.05, 4.69) is 10.3 Å². The van der Waals surface area contributed by atoms with Crippen molar-refractivity contribution < 1.29 is 13.9 Å². The summed E-state index contributed by atoms with van der Waals surface area (Å²) < 4.78 is 18.6. The number of aromatic nitrogens is 1. The second-order valence-corrected chi connectivity index (χ2v) is 6.85. The SMILES string of the molecule is Cc1ccc(CNC(=O)OC(C)(C)C)c(-c2ccc(F)c(Cl)c2)n1. The van der Waals surface area contributed by atoms with Crippen LogP contribution < -0.4 is 5.32 Å². The lowest BCUT2D eigenvalue weighted by molar-refractivity contribution is 0.0523. The van der Waals surface area contributed by atoms with Gasteiger partial charge in [-0.25, -0.2) is 9.18 Å². The molecule has 0 radical (unpaired) electrons. The number of amides is 1. The van der Waals surface area contributed by atoms with E-state index in [0.29, 0.717) is 11.3 Å². The van der Waals surface area contributed by atoms with Gasteiger partial charge in [0.15, 0.2) is 0 Å². The number of rotatable bonds is 3. The summed E-state index contributed by atoms with van der Waals surface area (Å²) in [5, 5.41) is 2.73. The molecule has 0 bridgehead atoms. The van der Waals surface area contributed by atoms with Crippen molar-refractivity contribution in [2.75, 3.05) is 0 Å². The molecule has 0 aliphatic rings. The van der Waals surface area contributed by atoms with Gasteiger partial charge in [0.25, 0.3) is 0 Å². The molecule has 24 heavy (non-hydrogen) atoms. The highest BCUT2D eigenvalue weighted by molar-refractivity contribution is 6.31. The average molecular weight is 351 g/mol. The van der Waals surface area contributed by atoms with Crippen molar-refractivity contribution in [3.8, 4) is 11.3 Å². The lowest BCUT2D eigenvalue weighted by Gasteiger charge is -2.20. The molecular weight excluding hydrogens is 331 g/mol. The summed E-state index contributed by atoms with van der Waals surface area (Å²) in [6.07, 6.45) is -0.508. The van der Waals surface area contributed by atoms with E-state index >= 15 is 0 Å². The summed E-state index contributed by atoms with van der Waals surface area (Å²) in [6, 6.07) is 8.15. The van der Waals surface area contributed by atoms with Crippen LogP contribution in [-0.4, -0.2) is 16.7 Å². The molecule has 6 heteroatoms. The number of hydrogen-bond acceptors (Lipinski definition) is 3. The first kappa shape index (κ1) is 18.2. The first-order valence-corrected chi connectivity index (χ1v) is 7.92. The quantitative estimate of drug-likeness (QED) is 0.858. The fraction of sp³-hybridized carbons (Fsp3) is 0.333. The number of pyridine rings is 1. The Morgan fingerprint density at radius 3 is 2.62 bits per heavy atom. The van der Waals surface area contributed by atoms with Crippen LogP contribution in [0.4, 0.5) is 9.18 Å². The van der Waals surface area contributed by atoms with Crippen LogP contribution in [0.25, 0.3) is 11.3 Å². The van der Waals surface area contributed by atoms with Crippen molar-refractivity contribution in [3.05, 3.63) is 52.4 Å². The molecular formula is C18H20ClFN2O2. The molecule has 1 N–H and O–H groups in total. The first-order chi connectivity index (χ1) is 11.2. The molecule has 0 saturated heterocycles. The molecule has 0 unspecified atom stereocenters. The minimum atomic E-state index is -0.567. The van der Waals surface area contributed by atoms with Crippen molar-refractivity contribution in [1.29, 1.82) is 0 Å². The molecule has 0 fully saturated rings. The first-order valence-electron chi connectivity index (χ1n) is 7.54. The number of carbonyl (C=O) groups excluding carboxylic acids is 1. The summed E-state index contributed by atoms with van der Waals surface area (Å²) in [7, 11) is 0. The fourth-order valence-electron chi connectivity index (χ4n) is 2.10. The number of alkyl carbamates (subject to hydrolysis) is 1. The van der Waals surface area contributed by atoms with Gasteiger partial charge in [0.05, 0.1) is 10.7 Å². The summed E-state index contributed by atoms with van der Waals surface area (Å²) >= 11 is 5.86. The summed E-state index contributed by atoms with van der Waals surface area (Å²) in [6.45, 7) is 7.50. The van der Waals surface area contributed by atoms with Crippen molar-refractivity contribution in [2.24, 2.45) is 0 Å². The van der Waals surface area contributed by atoms with Crippen LogP contribution >= 0.6 is 11.6 Å². The lowest BCUT2D eigenvalue weighted by atomic mass is 10.0. The number of nitrogens with zero attached hydrogens (tertiary/aromatic N) is 1. The van der Waals surface area contributed by atoms with E-state index in [9.17, 15) is 9.18 Å². The van der Waals surface area contributed by atoms with E-state index in [-0.39, 0.29) is 11.6 Å². The maximum absolute atomic E-state index is 13.4. The van der Waals surface area contributed by atoms with Crippen LogP contribution in [0.3, 0.4) is 0 Å². The van der Waals surface area contributed by atoms with E-state index < -0.39 is 17.5 Å². The highest BCUT2D eigenvalue weighted by Crippen LogP contribution is 2.26. The molecule has 2 rings (SSSR count). The standard InChI is InChI=1S/C18H20ClFN2O2/c1-11-5-6-13(10-21-17(23)24-18(2,3)4)16(22-11)12-7-8-15(20)14(19)9-12/h5-9H,10H2,1-4H3,(H,21,23). The Hall–Kier alpha value is -2.14. The zero-order valence-electron chi connectivity index (χ0n) is 14.1. The van der Waals surface area contributed by atoms with Gasteiger partial charge in [-0.05, 0) is 57.5 Å². The van der Waals surface area contributed by atoms with Gasteiger partial charge >= 0.3 is 6.09 Å². The van der Waals surface area contributed by atoms with E-state index in [1.807, 2.05) is 19.1 Å². The van der Waals surface area contributed by atoms with Crippen LogP contribution in [0.15, 0.2) is 30.3 Å². The number of ether oxygens (including phenoxy) is 1. The Kier molecular flexibility index (Phi) is 5.44. The molecule has 0 aliphatic heterocycles. The van der Waals surface area contributed by atoms with Gasteiger partial charge in [0.1, 0.15) is 11.4 Å². The Balaban J connectivity index is 2.25. The molecule has 0 spiro atoms. The van der Waals surface area contributed by atoms with Gasteiger partial charge < -0.3 is 10.1 Å². The molecule has 1 aromatic carbocycles. The van der Waals surface area contributed by atoms with Gasteiger partial charge in [-0.2, -0.15) is 0 Å². The average Bonchev–Trinajstić information content (AvgIpc) is 2.47. The summed E-state index contributed by atoms with van der Waals surface area (Å²) in [4.78, 5) is 16.3. The van der Waals surface area contributed by atoms with Gasteiger partial charge in [0.2, 0.25) is 0 Å². The highest BCUT2D eigenvalue weighted by atomic mass is 35.5. The van der Waals surface area contributed by atoms with Crippen molar-refractivity contribution in [2.45, 2.75) is 39.8 Å². The second-order valence-electron chi connectivity index (χ2n) is 6.44.